The maximum Gasteiger partial charge on any atom is 0.266 e. The highest BCUT2D eigenvalue weighted by Crippen LogP contribution is 2.26. The van der Waals surface area contributed by atoms with Crippen LogP contribution in [0.3, 0.4) is 0 Å². The minimum absolute atomic E-state index is 0.00731. The van der Waals surface area contributed by atoms with Crippen LogP contribution in [0.1, 0.15) is 50.4 Å². The van der Waals surface area contributed by atoms with Crippen LogP contribution < -0.4 is 5.56 Å². The number of carbonyl (C=O) groups is 1. The van der Waals surface area contributed by atoms with Crippen molar-refractivity contribution < 1.29 is 9.21 Å². The van der Waals surface area contributed by atoms with Crippen molar-refractivity contribution in [1.82, 2.24) is 14.5 Å². The summed E-state index contributed by atoms with van der Waals surface area (Å²) in [6, 6.07) is 18.3. The lowest BCUT2D eigenvalue weighted by molar-refractivity contribution is -0.135. The molecule has 0 radical (unpaired) electrons. The molecule has 0 spiro atoms. The SMILES string of the molecule is Cc1cccc(-n2c(C(C)N(Cc3ccco3)C(=O)CC(C)C)nc3ccccc3c2=O)c1. The molecule has 4 rings (SSSR count). The molecule has 6 nitrogen and oxygen atoms in total. The van der Waals surface area contributed by atoms with Crippen molar-refractivity contribution >= 4 is 16.8 Å². The van der Waals surface area contributed by atoms with Crippen LogP contribution >= 0.6 is 0 Å². The molecule has 1 amide bonds. The van der Waals surface area contributed by atoms with E-state index in [0.29, 0.717) is 35.5 Å². The summed E-state index contributed by atoms with van der Waals surface area (Å²) in [6.45, 7) is 8.25. The number of hydrogen-bond donors (Lipinski definition) is 0. The second kappa shape index (κ2) is 9.45. The van der Waals surface area contributed by atoms with E-state index in [1.807, 2.05) is 82.3 Å². The van der Waals surface area contributed by atoms with E-state index in [9.17, 15) is 9.59 Å². The number of carbonyl (C=O) groups excluding carboxylic acids is 1. The summed E-state index contributed by atoms with van der Waals surface area (Å²) in [7, 11) is 0. The lowest BCUT2D eigenvalue weighted by atomic mass is 10.1. The number of amides is 1. The number of benzene rings is 2. The van der Waals surface area contributed by atoms with Crippen LogP contribution in [0.2, 0.25) is 0 Å². The van der Waals surface area contributed by atoms with Gasteiger partial charge in [0.25, 0.3) is 5.56 Å². The van der Waals surface area contributed by atoms with E-state index < -0.39 is 6.04 Å². The van der Waals surface area contributed by atoms with Crippen molar-refractivity contribution in [3.8, 4) is 5.69 Å². The van der Waals surface area contributed by atoms with Crippen LogP contribution in [0.4, 0.5) is 0 Å². The smallest absolute Gasteiger partial charge is 0.266 e. The minimum atomic E-state index is -0.459. The average Bonchev–Trinajstić information content (AvgIpc) is 3.30. The quantitative estimate of drug-likeness (QED) is 0.382. The Hall–Kier alpha value is -3.67. The van der Waals surface area contributed by atoms with Gasteiger partial charge >= 0.3 is 0 Å². The minimum Gasteiger partial charge on any atom is -0.467 e. The van der Waals surface area contributed by atoms with Crippen LogP contribution in [-0.2, 0) is 11.3 Å². The van der Waals surface area contributed by atoms with Gasteiger partial charge in [-0.3, -0.25) is 14.2 Å². The summed E-state index contributed by atoms with van der Waals surface area (Å²) in [5.74, 6) is 1.40. The van der Waals surface area contributed by atoms with Crippen LogP contribution in [-0.4, -0.2) is 20.4 Å². The first kappa shape index (κ1) is 22.5. The van der Waals surface area contributed by atoms with Gasteiger partial charge in [0.2, 0.25) is 5.91 Å². The first-order valence-corrected chi connectivity index (χ1v) is 11.3. The molecule has 170 valence electrons. The number of furan rings is 1. The summed E-state index contributed by atoms with van der Waals surface area (Å²) in [6.07, 6.45) is 2.00. The normalized spacial score (nSPS) is 12.3. The zero-order chi connectivity index (χ0) is 23.5. The van der Waals surface area contributed by atoms with Gasteiger partial charge in [0, 0.05) is 6.42 Å². The third-order valence-electron chi connectivity index (χ3n) is 5.71. The third kappa shape index (κ3) is 4.75. The Labute approximate surface area is 193 Å². The molecule has 33 heavy (non-hydrogen) atoms. The lowest BCUT2D eigenvalue weighted by Crippen LogP contribution is -2.37. The van der Waals surface area contributed by atoms with Crippen LogP contribution in [0.15, 0.2) is 76.1 Å². The number of nitrogens with zero attached hydrogens (tertiary/aromatic N) is 3. The number of para-hydroxylation sites is 1. The first-order chi connectivity index (χ1) is 15.8. The fourth-order valence-electron chi connectivity index (χ4n) is 4.06. The van der Waals surface area contributed by atoms with E-state index in [1.54, 1.807) is 21.8 Å². The zero-order valence-electron chi connectivity index (χ0n) is 19.5. The molecule has 0 saturated carbocycles. The molecule has 2 aromatic carbocycles. The molecule has 0 saturated heterocycles. The Morgan fingerprint density at radius 3 is 2.55 bits per heavy atom. The largest absolute Gasteiger partial charge is 0.467 e. The highest BCUT2D eigenvalue weighted by atomic mass is 16.3. The van der Waals surface area contributed by atoms with E-state index in [4.69, 9.17) is 9.40 Å². The molecule has 0 N–H and O–H groups in total. The van der Waals surface area contributed by atoms with Crippen molar-refractivity contribution in [2.45, 2.75) is 46.7 Å². The Balaban J connectivity index is 1.90. The van der Waals surface area contributed by atoms with Crippen molar-refractivity contribution in [3.05, 3.63) is 94.4 Å². The van der Waals surface area contributed by atoms with Crippen LogP contribution in [0.5, 0.6) is 0 Å². The molecule has 0 bridgehead atoms. The number of fused-ring (bicyclic) bond motifs is 1. The van der Waals surface area contributed by atoms with Gasteiger partial charge in [0.05, 0.1) is 35.4 Å². The number of hydrogen-bond acceptors (Lipinski definition) is 4. The van der Waals surface area contributed by atoms with E-state index in [-0.39, 0.29) is 17.4 Å². The van der Waals surface area contributed by atoms with Gasteiger partial charge < -0.3 is 9.32 Å². The van der Waals surface area contributed by atoms with Crippen LogP contribution in [0.25, 0.3) is 16.6 Å². The van der Waals surface area contributed by atoms with Gasteiger partial charge in [-0.05, 0) is 61.7 Å². The molecular weight excluding hydrogens is 414 g/mol. The predicted molar refractivity (Wildman–Crippen MR) is 129 cm³/mol. The first-order valence-electron chi connectivity index (χ1n) is 11.3. The van der Waals surface area contributed by atoms with Gasteiger partial charge in [-0.2, -0.15) is 0 Å². The second-order valence-electron chi connectivity index (χ2n) is 8.84. The third-order valence-corrected chi connectivity index (χ3v) is 5.71. The topological polar surface area (TPSA) is 68.3 Å². The molecule has 1 unspecified atom stereocenters. The summed E-state index contributed by atoms with van der Waals surface area (Å²) in [5.41, 5.74) is 2.23. The summed E-state index contributed by atoms with van der Waals surface area (Å²) in [5, 5.41) is 0.543. The summed E-state index contributed by atoms with van der Waals surface area (Å²) in [4.78, 5) is 33.6. The Kier molecular flexibility index (Phi) is 6.45. The number of aryl methyl sites for hydroxylation is 1. The zero-order valence-corrected chi connectivity index (χ0v) is 19.5. The van der Waals surface area contributed by atoms with Crippen molar-refractivity contribution in [2.24, 2.45) is 5.92 Å². The fraction of sp³-hybridized carbons (Fsp3) is 0.296. The summed E-state index contributed by atoms with van der Waals surface area (Å²) >= 11 is 0. The molecule has 1 atom stereocenters. The van der Waals surface area contributed by atoms with Crippen molar-refractivity contribution in [3.63, 3.8) is 0 Å². The lowest BCUT2D eigenvalue weighted by Gasteiger charge is -2.30. The molecule has 0 aliphatic rings. The standard InChI is InChI=1S/C27H29N3O3/c1-18(2)15-25(31)29(17-22-11-8-14-33-22)20(4)26-28-24-13-6-5-12-23(24)27(32)30(26)21-10-7-9-19(3)16-21/h5-14,16,18,20H,15,17H2,1-4H3. The molecular formula is C27H29N3O3. The fourth-order valence-corrected chi connectivity index (χ4v) is 4.06. The van der Waals surface area contributed by atoms with Crippen LogP contribution in [0, 0.1) is 12.8 Å². The van der Waals surface area contributed by atoms with Gasteiger partial charge in [-0.25, -0.2) is 4.98 Å². The van der Waals surface area contributed by atoms with E-state index in [0.717, 1.165) is 11.3 Å². The van der Waals surface area contributed by atoms with E-state index in [2.05, 4.69) is 0 Å². The van der Waals surface area contributed by atoms with Crippen molar-refractivity contribution in [1.29, 1.82) is 0 Å². The highest BCUT2D eigenvalue weighted by Gasteiger charge is 2.28. The molecule has 4 aromatic rings. The molecule has 0 aliphatic carbocycles. The molecule has 6 heteroatoms. The molecule has 2 heterocycles. The molecule has 0 fully saturated rings. The van der Waals surface area contributed by atoms with Gasteiger partial charge in [-0.1, -0.05) is 38.1 Å². The Morgan fingerprint density at radius 2 is 1.85 bits per heavy atom. The molecule has 0 aliphatic heterocycles. The van der Waals surface area contributed by atoms with E-state index in [1.165, 1.54) is 0 Å². The van der Waals surface area contributed by atoms with Gasteiger partial charge in [0.15, 0.2) is 0 Å². The monoisotopic (exact) mass is 443 g/mol. The summed E-state index contributed by atoms with van der Waals surface area (Å²) < 4.78 is 7.18. The van der Waals surface area contributed by atoms with Crippen molar-refractivity contribution in [2.75, 3.05) is 0 Å². The maximum absolute atomic E-state index is 13.7. The molecule has 2 aromatic heterocycles. The van der Waals surface area contributed by atoms with E-state index >= 15 is 0 Å². The predicted octanol–water partition coefficient (Wildman–Crippen LogP) is 5.42. The second-order valence-corrected chi connectivity index (χ2v) is 8.84. The number of rotatable bonds is 7. The maximum atomic E-state index is 13.7. The Bertz CT molecular complexity index is 1320. The Morgan fingerprint density at radius 1 is 1.06 bits per heavy atom. The highest BCUT2D eigenvalue weighted by molar-refractivity contribution is 5.79. The van der Waals surface area contributed by atoms with Gasteiger partial charge in [0.1, 0.15) is 11.6 Å². The van der Waals surface area contributed by atoms with Gasteiger partial charge in [-0.15, -0.1) is 0 Å². The average molecular weight is 444 g/mol. The number of aromatic nitrogens is 2.